The number of nitriles is 1. The Bertz CT molecular complexity index is 6480. The van der Waals surface area contributed by atoms with Gasteiger partial charge in [-0.15, -0.1) is 0 Å². The van der Waals surface area contributed by atoms with Gasteiger partial charge in [0, 0.05) is 105 Å². The monoisotopic (exact) mass is 1250 g/mol. The van der Waals surface area contributed by atoms with E-state index < -0.39 is 0 Å². The summed E-state index contributed by atoms with van der Waals surface area (Å²) in [7, 11) is 0. The average Bonchev–Trinajstić information content (AvgIpc) is 1.26. The van der Waals surface area contributed by atoms with E-state index in [2.05, 4.69) is 366 Å². The van der Waals surface area contributed by atoms with Crippen molar-refractivity contribution < 1.29 is 0 Å². The molecule has 0 aliphatic rings. The second-order valence-electron chi connectivity index (χ2n) is 25.6. The van der Waals surface area contributed by atoms with Crippen LogP contribution in [0.5, 0.6) is 0 Å². The predicted molar refractivity (Wildman–Crippen MR) is 408 cm³/mol. The molecular weight excluding hydrogens is 1190 g/mol. The molecule has 0 N–H and O–H groups in total. The highest BCUT2D eigenvalue weighted by molar-refractivity contribution is 6.27. The normalized spacial score (nSPS) is 11.8. The van der Waals surface area contributed by atoms with Crippen LogP contribution in [0.1, 0.15) is 17.0 Å². The fraction of sp³-hybridized carbons (Fsp3) is 0.0217. The molecule has 0 bridgehead atoms. The van der Waals surface area contributed by atoms with Crippen LogP contribution in [0.15, 0.2) is 328 Å². The number of rotatable bonds is 10. The summed E-state index contributed by atoms with van der Waals surface area (Å²) in [6.45, 7) is 4.21. The van der Waals surface area contributed by atoms with Crippen LogP contribution in [0.25, 0.3) is 177 Å². The summed E-state index contributed by atoms with van der Waals surface area (Å²) < 4.78 is 9.60. The molecule has 5 aromatic heterocycles. The van der Waals surface area contributed by atoms with Crippen molar-refractivity contribution in [3.8, 4) is 95.6 Å². The summed E-state index contributed by atoms with van der Waals surface area (Å²) in [4.78, 5) is 5.40. The molecule has 19 rings (SSSR count). The van der Waals surface area contributed by atoms with E-state index in [4.69, 9.17) is 4.98 Å². The third-order valence-electron chi connectivity index (χ3n) is 20.2. The van der Waals surface area contributed by atoms with Gasteiger partial charge in [0.25, 0.3) is 0 Å². The highest BCUT2D eigenvalue weighted by Crippen LogP contribution is 2.58. The van der Waals surface area contributed by atoms with E-state index in [0.29, 0.717) is 5.56 Å². The quantitative estimate of drug-likeness (QED) is 0.137. The van der Waals surface area contributed by atoms with Gasteiger partial charge in [0.2, 0.25) is 0 Å². The van der Waals surface area contributed by atoms with Crippen molar-refractivity contribution in [2.45, 2.75) is 13.8 Å². The van der Waals surface area contributed by atoms with Gasteiger partial charge in [0.15, 0.2) is 0 Å². The number of hydrogen-bond donors (Lipinski definition) is 0. The van der Waals surface area contributed by atoms with E-state index in [1.165, 1.54) is 21.9 Å². The first kappa shape index (κ1) is 56.5. The Morgan fingerprint density at radius 3 is 1.08 bits per heavy atom. The van der Waals surface area contributed by atoms with Crippen LogP contribution < -0.4 is 0 Å². The molecule has 6 heteroatoms. The molecule has 19 aromatic rings. The van der Waals surface area contributed by atoms with Crippen molar-refractivity contribution in [3.63, 3.8) is 0 Å². The Morgan fingerprint density at radius 2 is 0.612 bits per heavy atom. The van der Waals surface area contributed by atoms with Crippen molar-refractivity contribution in [1.82, 2.24) is 23.3 Å². The van der Waals surface area contributed by atoms with Crippen molar-refractivity contribution >= 4 is 87.2 Å². The van der Waals surface area contributed by atoms with E-state index in [1.807, 2.05) is 0 Å². The molecule has 6 nitrogen and oxygen atoms in total. The van der Waals surface area contributed by atoms with Crippen LogP contribution in [-0.4, -0.2) is 23.3 Å². The second-order valence-corrected chi connectivity index (χ2v) is 25.6. The zero-order valence-corrected chi connectivity index (χ0v) is 53.9. The van der Waals surface area contributed by atoms with Gasteiger partial charge in [-0.3, -0.25) is 4.98 Å². The Kier molecular flexibility index (Phi) is 13.0. The summed E-state index contributed by atoms with van der Waals surface area (Å²) in [5.74, 6) is 0. The number of benzene rings is 14. The summed E-state index contributed by atoms with van der Waals surface area (Å²) in [5.41, 5.74) is 26.9. The molecule has 0 amide bonds. The number of aryl methyl sites for hydroxylation is 2. The first-order chi connectivity index (χ1) is 48.5. The summed E-state index contributed by atoms with van der Waals surface area (Å²) >= 11 is 0. The van der Waals surface area contributed by atoms with Gasteiger partial charge in [-0.25, -0.2) is 0 Å². The van der Waals surface area contributed by atoms with Crippen LogP contribution in [-0.2, 0) is 0 Å². The SMILES string of the molecule is Cc1ccc(-c2c(-c3cccc4c3c3ccccc3n4-c3ccccc3)c(C#N)c(-c3ccc(-n4c5ccccc5c5cc(-c6ccccc6)ccc54)cc3)c(-c3cccc4c3c3ccccc3n4-c3ccccc3)c2-c2cccc3c2c2ccccc2n3-c2ccccc2)c(C)n1. The number of hydrogen-bond acceptors (Lipinski definition) is 2. The topological polar surface area (TPSA) is 56.4 Å². The number of fused-ring (bicyclic) bond motifs is 12. The number of aromatic nitrogens is 5. The molecule has 0 atom stereocenters. The number of nitrogens with zero attached hydrogens (tertiary/aromatic N) is 6. The molecule has 0 aliphatic heterocycles. The van der Waals surface area contributed by atoms with Crippen molar-refractivity contribution in [3.05, 3.63) is 345 Å². The molecule has 0 radical (unpaired) electrons. The fourth-order valence-electron chi connectivity index (χ4n) is 16.3. The molecule has 0 saturated heterocycles. The molecule has 0 aliphatic carbocycles. The van der Waals surface area contributed by atoms with Crippen LogP contribution in [0, 0.1) is 25.2 Å². The van der Waals surface area contributed by atoms with Crippen molar-refractivity contribution in [2.75, 3.05) is 0 Å². The van der Waals surface area contributed by atoms with E-state index in [9.17, 15) is 5.26 Å². The van der Waals surface area contributed by atoms with Gasteiger partial charge in [-0.2, -0.15) is 5.26 Å². The molecular formula is C92H60N6. The zero-order valence-electron chi connectivity index (χ0n) is 53.9. The first-order valence-corrected chi connectivity index (χ1v) is 33.5. The lowest BCUT2D eigenvalue weighted by Crippen LogP contribution is -2.05. The summed E-state index contributed by atoms with van der Waals surface area (Å²) in [6.07, 6.45) is 0. The Balaban J connectivity index is 1.03. The van der Waals surface area contributed by atoms with E-state index in [-0.39, 0.29) is 0 Å². The van der Waals surface area contributed by atoms with Crippen molar-refractivity contribution in [1.29, 1.82) is 5.26 Å². The molecule has 0 unspecified atom stereocenters. The molecule has 0 spiro atoms. The van der Waals surface area contributed by atoms with Crippen molar-refractivity contribution in [2.24, 2.45) is 0 Å². The van der Waals surface area contributed by atoms with Crippen LogP contribution in [0.4, 0.5) is 0 Å². The average molecular weight is 1250 g/mol. The maximum atomic E-state index is 13.2. The molecule has 14 aromatic carbocycles. The molecule has 458 valence electrons. The molecule has 0 saturated carbocycles. The lowest BCUT2D eigenvalue weighted by atomic mass is 9.74. The molecule has 5 heterocycles. The third kappa shape index (κ3) is 8.56. The minimum absolute atomic E-state index is 0.559. The van der Waals surface area contributed by atoms with Gasteiger partial charge in [0.1, 0.15) is 6.07 Å². The smallest absolute Gasteiger partial charge is 0.100 e. The third-order valence-corrected chi connectivity index (χ3v) is 20.2. The van der Waals surface area contributed by atoms with Crippen LogP contribution in [0.2, 0.25) is 0 Å². The van der Waals surface area contributed by atoms with Crippen LogP contribution >= 0.6 is 0 Å². The Labute approximate surface area is 566 Å². The zero-order chi connectivity index (χ0) is 65.1. The molecule has 98 heavy (non-hydrogen) atoms. The van der Waals surface area contributed by atoms with Gasteiger partial charge in [0.05, 0.1) is 49.7 Å². The lowest BCUT2D eigenvalue weighted by Gasteiger charge is -2.28. The summed E-state index contributed by atoms with van der Waals surface area (Å²) in [6, 6.07) is 122. The highest BCUT2D eigenvalue weighted by Gasteiger charge is 2.34. The van der Waals surface area contributed by atoms with Gasteiger partial charge < -0.3 is 18.3 Å². The summed E-state index contributed by atoms with van der Waals surface area (Å²) in [5, 5.41) is 22.0. The molecule has 0 fully saturated rings. The fourth-order valence-corrected chi connectivity index (χ4v) is 16.3. The largest absolute Gasteiger partial charge is 0.309 e. The highest BCUT2D eigenvalue weighted by atomic mass is 15.0. The van der Waals surface area contributed by atoms with E-state index in [0.717, 1.165) is 166 Å². The Morgan fingerprint density at radius 1 is 0.255 bits per heavy atom. The standard InChI is InChI=1S/C92H60N6/c1-58-48-54-67(59(2)94-58)90-89(72-38-23-45-82-86(72)69-35-16-20-42-78(69)96(82)63-28-9-4-10-29-63)76(57-93)85(61-49-52-66(53-50-61)95-77-41-19-15-34-68(77)75-56-62(51-55-81(75)95)60-26-7-3-8-27-60)91(73-39-24-46-83-87(73)70-36-17-21-43-79(70)97(83)64-30-11-5-12-31-64)92(90)74-40-25-47-84-88(74)71-37-18-22-44-80(71)98(84)65-32-13-6-14-33-65/h3-56H,1-2H3. The number of para-hydroxylation sites is 7. The minimum atomic E-state index is 0.559. The minimum Gasteiger partial charge on any atom is -0.309 e. The predicted octanol–water partition coefficient (Wildman–Crippen LogP) is 24.0. The van der Waals surface area contributed by atoms with Gasteiger partial charge in [-0.1, -0.05) is 218 Å². The van der Waals surface area contributed by atoms with Crippen LogP contribution in [0.3, 0.4) is 0 Å². The van der Waals surface area contributed by atoms with Gasteiger partial charge in [-0.05, 0) is 162 Å². The first-order valence-electron chi connectivity index (χ1n) is 33.5. The lowest BCUT2D eigenvalue weighted by molar-refractivity contribution is 1.13. The number of pyridine rings is 1. The maximum Gasteiger partial charge on any atom is 0.100 e. The van der Waals surface area contributed by atoms with E-state index >= 15 is 0 Å². The van der Waals surface area contributed by atoms with Gasteiger partial charge >= 0.3 is 0 Å². The van der Waals surface area contributed by atoms with E-state index in [1.54, 1.807) is 0 Å². The Hall–Kier alpha value is -13.1. The second kappa shape index (κ2) is 22.6. The maximum absolute atomic E-state index is 13.2.